The summed E-state index contributed by atoms with van der Waals surface area (Å²) in [4.78, 5) is 27.4. The molecule has 1 aliphatic heterocycles. The van der Waals surface area contributed by atoms with Crippen molar-refractivity contribution in [3.05, 3.63) is 46.1 Å². The van der Waals surface area contributed by atoms with Crippen molar-refractivity contribution in [2.75, 3.05) is 4.90 Å². The van der Waals surface area contributed by atoms with Gasteiger partial charge in [0.25, 0.3) is 5.91 Å². The Morgan fingerprint density at radius 3 is 2.94 bits per heavy atom. The topological polar surface area (TPSA) is 81.8 Å². The van der Waals surface area contributed by atoms with Gasteiger partial charge in [-0.05, 0) is 25.0 Å². The number of carbonyl (C=O) groups excluding carboxylic acids is 1. The molecule has 0 aliphatic carbocycles. The molecule has 1 atom stereocenters. The molecule has 1 amide bonds. The van der Waals surface area contributed by atoms with Crippen LogP contribution >= 0.6 is 0 Å². The Morgan fingerprint density at radius 1 is 1.44 bits per heavy atom. The summed E-state index contributed by atoms with van der Waals surface area (Å²) in [5.41, 5.74) is 1.55. The molecule has 1 unspecified atom stereocenters. The predicted molar refractivity (Wildman–Crippen MR) is 65.6 cm³/mol. The lowest BCUT2D eigenvalue weighted by atomic mass is 10.1. The molecule has 6 heteroatoms. The van der Waals surface area contributed by atoms with Gasteiger partial charge in [-0.3, -0.25) is 9.78 Å². The molecular weight excluding hydrogens is 232 g/mol. The van der Waals surface area contributed by atoms with Gasteiger partial charge in [-0.2, -0.15) is 0 Å². The summed E-state index contributed by atoms with van der Waals surface area (Å²) in [6.07, 6.45) is 0.816. The summed E-state index contributed by atoms with van der Waals surface area (Å²) in [5.74, 6) is -0.241. The number of para-hydroxylation sites is 1. The average molecular weight is 244 g/mol. The fourth-order valence-corrected chi connectivity index (χ4v) is 2.36. The predicted octanol–water partition coefficient (Wildman–Crippen LogP) is 0.689. The van der Waals surface area contributed by atoms with E-state index in [0.717, 1.165) is 17.7 Å². The fourth-order valence-electron chi connectivity index (χ4n) is 2.36. The lowest BCUT2D eigenvalue weighted by molar-refractivity contribution is 0.0972. The smallest absolute Gasteiger partial charge is 0.302 e. The second kappa shape index (κ2) is 3.83. The van der Waals surface area contributed by atoms with Gasteiger partial charge in [-0.15, -0.1) is 5.10 Å². The molecule has 3 rings (SSSR count). The van der Waals surface area contributed by atoms with E-state index in [1.165, 1.54) is 0 Å². The molecule has 2 aromatic rings. The number of nitrogens with one attached hydrogen (secondary N) is 2. The third kappa shape index (κ3) is 1.54. The van der Waals surface area contributed by atoms with Crippen molar-refractivity contribution < 1.29 is 4.79 Å². The van der Waals surface area contributed by atoms with Crippen molar-refractivity contribution >= 4 is 11.6 Å². The molecular formula is C12H12N4O2. The molecule has 6 nitrogen and oxygen atoms in total. The van der Waals surface area contributed by atoms with Gasteiger partial charge in [0.1, 0.15) is 0 Å². The number of aromatic amines is 2. The highest BCUT2D eigenvalue weighted by atomic mass is 16.2. The highest BCUT2D eigenvalue weighted by Gasteiger charge is 2.32. The van der Waals surface area contributed by atoms with Gasteiger partial charge in [0.05, 0.1) is 0 Å². The van der Waals surface area contributed by atoms with Crippen LogP contribution in [-0.4, -0.2) is 27.1 Å². The standard InChI is InChI=1S/C12H12N4O2/c1-7-6-8-4-2-3-5-9(8)16(7)11(17)10-13-12(18)15-14-10/h2-5,7H,6H2,1H3,(H2,13,14,15,18). The van der Waals surface area contributed by atoms with Gasteiger partial charge < -0.3 is 4.90 Å². The maximum absolute atomic E-state index is 12.3. The van der Waals surface area contributed by atoms with Crippen LogP contribution in [0, 0.1) is 0 Å². The van der Waals surface area contributed by atoms with Crippen LogP contribution in [0.4, 0.5) is 5.69 Å². The molecule has 2 heterocycles. The van der Waals surface area contributed by atoms with E-state index in [9.17, 15) is 9.59 Å². The second-order valence-electron chi connectivity index (χ2n) is 4.38. The third-order valence-corrected chi connectivity index (χ3v) is 3.13. The molecule has 1 aliphatic rings. The second-order valence-corrected chi connectivity index (χ2v) is 4.38. The lowest BCUT2D eigenvalue weighted by Crippen LogP contribution is -2.36. The number of amides is 1. The first-order chi connectivity index (χ1) is 8.66. The third-order valence-electron chi connectivity index (χ3n) is 3.13. The number of benzene rings is 1. The summed E-state index contributed by atoms with van der Waals surface area (Å²) in [6.45, 7) is 1.97. The van der Waals surface area contributed by atoms with Gasteiger partial charge in [-0.1, -0.05) is 18.2 Å². The van der Waals surface area contributed by atoms with E-state index in [1.807, 2.05) is 31.2 Å². The highest BCUT2D eigenvalue weighted by molar-refractivity contribution is 6.05. The monoisotopic (exact) mass is 244 g/mol. The number of anilines is 1. The summed E-state index contributed by atoms with van der Waals surface area (Å²) in [5, 5.41) is 5.89. The SMILES string of the molecule is CC1Cc2ccccc2N1C(=O)c1n[nH]c(=O)[nH]1. The number of nitrogens with zero attached hydrogens (tertiary/aromatic N) is 2. The van der Waals surface area contributed by atoms with Crippen LogP contribution in [0.3, 0.4) is 0 Å². The molecule has 2 N–H and O–H groups in total. The largest absolute Gasteiger partial charge is 0.341 e. The van der Waals surface area contributed by atoms with Crippen LogP contribution in [0.15, 0.2) is 29.1 Å². The van der Waals surface area contributed by atoms with E-state index in [2.05, 4.69) is 15.2 Å². The molecule has 0 fully saturated rings. The molecule has 1 aromatic carbocycles. The van der Waals surface area contributed by atoms with E-state index in [0.29, 0.717) is 0 Å². The average Bonchev–Trinajstić information content (AvgIpc) is 2.91. The number of carbonyl (C=O) groups is 1. The maximum atomic E-state index is 12.3. The minimum absolute atomic E-state index is 0.0450. The normalized spacial score (nSPS) is 17.8. The zero-order chi connectivity index (χ0) is 12.7. The molecule has 18 heavy (non-hydrogen) atoms. The summed E-state index contributed by atoms with van der Waals surface area (Å²) in [6, 6.07) is 7.82. The van der Waals surface area contributed by atoms with Gasteiger partial charge in [-0.25, -0.2) is 9.89 Å². The molecule has 0 saturated heterocycles. The van der Waals surface area contributed by atoms with Crippen molar-refractivity contribution in [3.8, 4) is 0 Å². The molecule has 0 spiro atoms. The number of fused-ring (bicyclic) bond motifs is 1. The van der Waals surface area contributed by atoms with Crippen molar-refractivity contribution in [1.29, 1.82) is 0 Å². The first-order valence-electron chi connectivity index (χ1n) is 5.73. The van der Waals surface area contributed by atoms with Crippen molar-refractivity contribution in [2.45, 2.75) is 19.4 Å². The van der Waals surface area contributed by atoms with Crippen LogP contribution in [0.5, 0.6) is 0 Å². The molecule has 0 saturated carbocycles. The number of hydrogen-bond donors (Lipinski definition) is 2. The van der Waals surface area contributed by atoms with Gasteiger partial charge in [0.15, 0.2) is 0 Å². The van der Waals surface area contributed by atoms with E-state index >= 15 is 0 Å². The lowest BCUT2D eigenvalue weighted by Gasteiger charge is -2.21. The zero-order valence-corrected chi connectivity index (χ0v) is 9.80. The van der Waals surface area contributed by atoms with Crippen molar-refractivity contribution in [1.82, 2.24) is 15.2 Å². The molecule has 1 aromatic heterocycles. The number of H-pyrrole nitrogens is 2. The Morgan fingerprint density at radius 2 is 2.22 bits per heavy atom. The van der Waals surface area contributed by atoms with E-state index < -0.39 is 5.69 Å². The van der Waals surface area contributed by atoms with Crippen LogP contribution in [0.1, 0.15) is 23.1 Å². The van der Waals surface area contributed by atoms with E-state index in [4.69, 9.17) is 0 Å². The van der Waals surface area contributed by atoms with Crippen LogP contribution in [0.25, 0.3) is 0 Å². The Balaban J connectivity index is 2.02. The van der Waals surface area contributed by atoms with Crippen molar-refractivity contribution in [2.24, 2.45) is 0 Å². The van der Waals surface area contributed by atoms with Gasteiger partial charge in [0.2, 0.25) is 5.82 Å². The zero-order valence-electron chi connectivity index (χ0n) is 9.80. The summed E-state index contributed by atoms with van der Waals surface area (Å²) < 4.78 is 0. The first kappa shape index (κ1) is 10.8. The molecule has 0 bridgehead atoms. The van der Waals surface area contributed by atoms with Crippen LogP contribution in [0.2, 0.25) is 0 Å². The first-order valence-corrected chi connectivity index (χ1v) is 5.73. The number of aromatic nitrogens is 3. The highest BCUT2D eigenvalue weighted by Crippen LogP contribution is 2.32. The Labute approximate surface area is 103 Å². The van der Waals surface area contributed by atoms with E-state index in [-0.39, 0.29) is 17.8 Å². The minimum Gasteiger partial charge on any atom is -0.302 e. The Bertz CT molecular complexity index is 658. The molecule has 0 radical (unpaired) electrons. The van der Waals surface area contributed by atoms with Crippen molar-refractivity contribution in [3.63, 3.8) is 0 Å². The minimum atomic E-state index is -0.474. The van der Waals surface area contributed by atoms with Crippen LogP contribution < -0.4 is 10.6 Å². The fraction of sp³-hybridized carbons (Fsp3) is 0.250. The quantitative estimate of drug-likeness (QED) is 0.774. The maximum Gasteiger partial charge on any atom is 0.341 e. The summed E-state index contributed by atoms with van der Waals surface area (Å²) >= 11 is 0. The van der Waals surface area contributed by atoms with E-state index in [1.54, 1.807) is 4.90 Å². The van der Waals surface area contributed by atoms with Gasteiger partial charge in [0, 0.05) is 11.7 Å². The van der Waals surface area contributed by atoms with Gasteiger partial charge >= 0.3 is 5.69 Å². The number of hydrogen-bond acceptors (Lipinski definition) is 3. The Hall–Kier alpha value is -2.37. The summed E-state index contributed by atoms with van der Waals surface area (Å²) in [7, 11) is 0. The number of rotatable bonds is 1. The molecule has 92 valence electrons. The Kier molecular flexibility index (Phi) is 2.29. The van der Waals surface area contributed by atoms with Crippen LogP contribution in [-0.2, 0) is 6.42 Å².